The summed E-state index contributed by atoms with van der Waals surface area (Å²) in [6, 6.07) is 14.9. The molecule has 24 heavy (non-hydrogen) atoms. The number of fused-ring (bicyclic) bond motifs is 1. The number of hydrogen-bond donors (Lipinski definition) is 2. The Labute approximate surface area is 145 Å². The first-order valence-corrected chi connectivity index (χ1v) is 8.34. The number of H-pyrrole nitrogens is 1. The van der Waals surface area contributed by atoms with Gasteiger partial charge in [0.1, 0.15) is 0 Å². The molecule has 2 heterocycles. The number of nitrogens with one attached hydrogen (secondary N) is 2. The van der Waals surface area contributed by atoms with Crippen molar-refractivity contribution < 1.29 is 0 Å². The second-order valence-corrected chi connectivity index (χ2v) is 6.61. The number of rotatable bonds is 3. The molecule has 2 aromatic carbocycles. The lowest BCUT2D eigenvalue weighted by Gasteiger charge is -1.98. The summed E-state index contributed by atoms with van der Waals surface area (Å²) in [5.74, 6) is 0. The number of hydrogen-bond acceptors (Lipinski definition) is 4. The van der Waals surface area contributed by atoms with Crippen molar-refractivity contribution in [3.63, 3.8) is 0 Å². The minimum Gasteiger partial charge on any atom is -0.308 e. The maximum atomic E-state index is 12.7. The van der Waals surface area contributed by atoms with Crippen molar-refractivity contribution in [1.82, 2.24) is 14.8 Å². The molecule has 4 rings (SSSR count). The Kier molecular flexibility index (Phi) is 3.55. The van der Waals surface area contributed by atoms with E-state index in [1.807, 2.05) is 42.5 Å². The van der Waals surface area contributed by atoms with Crippen LogP contribution in [-0.2, 0) is 0 Å². The molecule has 0 fully saturated rings. The van der Waals surface area contributed by atoms with Crippen LogP contribution in [0.3, 0.4) is 0 Å². The van der Waals surface area contributed by atoms with Gasteiger partial charge in [0.2, 0.25) is 5.13 Å². The number of aromatic nitrogens is 3. The van der Waals surface area contributed by atoms with Gasteiger partial charge in [-0.05, 0) is 18.2 Å². The fraction of sp³-hybridized carbons (Fsp3) is 0. The van der Waals surface area contributed by atoms with E-state index in [1.165, 1.54) is 16.0 Å². The molecule has 0 unspecified atom stereocenters. The van der Waals surface area contributed by atoms with Gasteiger partial charge in [0.25, 0.3) is 5.56 Å². The third-order valence-corrected chi connectivity index (χ3v) is 4.90. The summed E-state index contributed by atoms with van der Waals surface area (Å²) in [4.78, 5) is 17.1. The van der Waals surface area contributed by atoms with Crippen LogP contribution in [0.2, 0.25) is 5.02 Å². The molecule has 0 radical (unpaired) electrons. The van der Waals surface area contributed by atoms with Gasteiger partial charge in [-0.15, -0.1) is 0 Å². The van der Waals surface area contributed by atoms with Gasteiger partial charge in [-0.1, -0.05) is 53.3 Å². The van der Waals surface area contributed by atoms with Crippen LogP contribution in [0.4, 0.5) is 0 Å². The zero-order valence-corrected chi connectivity index (χ0v) is 13.9. The number of benzene rings is 2. The Morgan fingerprint density at radius 3 is 2.75 bits per heavy atom. The molecule has 0 aliphatic heterocycles. The van der Waals surface area contributed by atoms with Crippen molar-refractivity contribution in [2.45, 2.75) is 0 Å². The van der Waals surface area contributed by atoms with E-state index in [4.69, 9.17) is 17.0 Å². The quantitative estimate of drug-likeness (QED) is 0.544. The maximum Gasteiger partial charge on any atom is 0.282 e. The molecule has 7 heteroatoms. The third-order valence-electron chi connectivity index (χ3n) is 3.66. The van der Waals surface area contributed by atoms with Crippen LogP contribution < -0.4 is 5.56 Å². The van der Waals surface area contributed by atoms with E-state index in [0.717, 1.165) is 22.0 Å². The zero-order chi connectivity index (χ0) is 16.7. The summed E-state index contributed by atoms with van der Waals surface area (Å²) in [6.45, 7) is 0. The van der Waals surface area contributed by atoms with Gasteiger partial charge >= 0.3 is 0 Å². The topological polar surface area (TPSA) is 74.5 Å². The smallest absolute Gasteiger partial charge is 0.282 e. The number of thiazole rings is 1. The molecular formula is C17H11ClN4OS. The first-order valence-electron chi connectivity index (χ1n) is 7.15. The fourth-order valence-corrected chi connectivity index (χ4v) is 3.73. The lowest BCUT2D eigenvalue weighted by Crippen LogP contribution is -2.16. The lowest BCUT2D eigenvalue weighted by molar-refractivity contribution is 0.845. The summed E-state index contributed by atoms with van der Waals surface area (Å²) in [7, 11) is 0. The van der Waals surface area contributed by atoms with Gasteiger partial charge in [0.15, 0.2) is 0 Å². The summed E-state index contributed by atoms with van der Waals surface area (Å²) in [5.41, 5.74) is 2.23. The minimum atomic E-state index is -0.297. The summed E-state index contributed by atoms with van der Waals surface area (Å²) in [5, 5.41) is 11.8. The Balaban J connectivity index is 1.93. The monoisotopic (exact) mass is 354 g/mol. The normalized spacial score (nSPS) is 11.0. The second-order valence-electron chi connectivity index (χ2n) is 5.16. The predicted octanol–water partition coefficient (Wildman–Crippen LogP) is 4.09. The van der Waals surface area contributed by atoms with E-state index >= 15 is 0 Å². The number of halogens is 1. The average Bonchev–Trinajstić information content (AvgIpc) is 3.15. The molecule has 5 nitrogen and oxygen atoms in total. The highest BCUT2D eigenvalue weighted by atomic mass is 35.5. The van der Waals surface area contributed by atoms with Crippen LogP contribution in [0.25, 0.3) is 26.6 Å². The molecule has 0 amide bonds. The minimum absolute atomic E-state index is 0.297. The van der Waals surface area contributed by atoms with E-state index in [-0.39, 0.29) is 5.56 Å². The van der Waals surface area contributed by atoms with Crippen molar-refractivity contribution in [1.29, 1.82) is 5.41 Å². The maximum absolute atomic E-state index is 12.7. The van der Waals surface area contributed by atoms with Crippen LogP contribution in [0.5, 0.6) is 0 Å². The van der Waals surface area contributed by atoms with Gasteiger partial charge in [-0.25, -0.2) is 4.98 Å². The van der Waals surface area contributed by atoms with Crippen LogP contribution in [-0.4, -0.2) is 21.0 Å². The van der Waals surface area contributed by atoms with Gasteiger partial charge in [0, 0.05) is 16.8 Å². The molecule has 0 aliphatic carbocycles. The highest BCUT2D eigenvalue weighted by molar-refractivity contribution is 7.20. The first kappa shape index (κ1) is 14.9. The average molecular weight is 355 g/mol. The van der Waals surface area contributed by atoms with Crippen molar-refractivity contribution in [2.75, 3.05) is 0 Å². The molecular weight excluding hydrogens is 344 g/mol. The van der Waals surface area contributed by atoms with Gasteiger partial charge in [0.05, 0.1) is 21.5 Å². The Morgan fingerprint density at radius 1 is 1.21 bits per heavy atom. The fourth-order valence-electron chi connectivity index (χ4n) is 2.53. The summed E-state index contributed by atoms with van der Waals surface area (Å²) >= 11 is 7.38. The summed E-state index contributed by atoms with van der Waals surface area (Å²) < 4.78 is 2.28. The number of aromatic amines is 1. The van der Waals surface area contributed by atoms with Crippen molar-refractivity contribution in [3.05, 3.63) is 69.5 Å². The van der Waals surface area contributed by atoms with Gasteiger partial charge < -0.3 is 5.41 Å². The SMILES string of the molecule is N=Cc1c(-c2ccccc2)[nH]n(-c2nc3ccc(Cl)cc3s2)c1=O. The van der Waals surface area contributed by atoms with Crippen molar-refractivity contribution in [2.24, 2.45) is 0 Å². The first-order chi connectivity index (χ1) is 11.7. The molecule has 2 aromatic heterocycles. The van der Waals surface area contributed by atoms with E-state index in [0.29, 0.717) is 21.4 Å². The standard InChI is InChI=1S/C17H11ClN4OS/c18-11-6-7-13-14(8-11)24-17(20-13)22-16(23)12(9-19)15(21-22)10-4-2-1-3-5-10/h1-9,19,21H. The van der Waals surface area contributed by atoms with Crippen LogP contribution >= 0.6 is 22.9 Å². The van der Waals surface area contributed by atoms with Gasteiger partial charge in [-0.3, -0.25) is 9.89 Å². The van der Waals surface area contributed by atoms with E-state index in [1.54, 1.807) is 6.07 Å². The summed E-state index contributed by atoms with van der Waals surface area (Å²) in [6.07, 6.45) is 1.07. The molecule has 0 saturated heterocycles. The third kappa shape index (κ3) is 2.36. The van der Waals surface area contributed by atoms with Crippen LogP contribution in [0.1, 0.15) is 5.56 Å². The molecule has 118 valence electrons. The molecule has 0 saturated carbocycles. The highest BCUT2D eigenvalue weighted by Gasteiger charge is 2.17. The molecule has 0 aliphatic rings. The lowest BCUT2D eigenvalue weighted by atomic mass is 10.1. The Bertz CT molecular complexity index is 1110. The Morgan fingerprint density at radius 2 is 2.00 bits per heavy atom. The largest absolute Gasteiger partial charge is 0.308 e. The van der Waals surface area contributed by atoms with Crippen LogP contribution in [0, 0.1) is 5.41 Å². The zero-order valence-electron chi connectivity index (χ0n) is 12.3. The number of nitrogens with zero attached hydrogens (tertiary/aromatic N) is 2. The van der Waals surface area contributed by atoms with E-state index in [2.05, 4.69) is 10.1 Å². The highest BCUT2D eigenvalue weighted by Crippen LogP contribution is 2.27. The van der Waals surface area contributed by atoms with E-state index in [9.17, 15) is 4.79 Å². The molecule has 2 N–H and O–H groups in total. The second kappa shape index (κ2) is 5.74. The van der Waals surface area contributed by atoms with Gasteiger partial charge in [-0.2, -0.15) is 4.68 Å². The predicted molar refractivity (Wildman–Crippen MR) is 97.9 cm³/mol. The molecule has 4 aromatic rings. The van der Waals surface area contributed by atoms with Crippen molar-refractivity contribution in [3.8, 4) is 16.4 Å². The van der Waals surface area contributed by atoms with E-state index < -0.39 is 0 Å². The molecule has 0 bridgehead atoms. The molecule has 0 atom stereocenters. The van der Waals surface area contributed by atoms with Crippen LogP contribution in [0.15, 0.2) is 53.3 Å². The van der Waals surface area contributed by atoms with Crippen molar-refractivity contribution >= 4 is 39.4 Å². The molecule has 0 spiro atoms. The Hall–Kier alpha value is -2.70.